The van der Waals surface area contributed by atoms with Gasteiger partial charge in [-0.05, 0) is 63.7 Å². The average molecular weight is 734 g/mol. The second-order valence-electron chi connectivity index (χ2n) is 14.0. The van der Waals surface area contributed by atoms with E-state index in [1.165, 1.54) is 36.9 Å². The maximum Gasteiger partial charge on any atom is 0.167 e. The number of para-hydroxylation sites is 1. The maximum atomic E-state index is 6.68. The third-order valence-electron chi connectivity index (χ3n) is 10.6. The van der Waals surface area contributed by atoms with Crippen LogP contribution in [0.25, 0.3) is 110 Å². The van der Waals surface area contributed by atoms with Crippen molar-refractivity contribution in [1.82, 2.24) is 15.0 Å². The van der Waals surface area contributed by atoms with E-state index in [1.54, 1.807) is 0 Å². The fraction of sp³-hybridized carbons (Fsp3) is 0. The van der Waals surface area contributed by atoms with E-state index in [4.69, 9.17) is 19.4 Å². The lowest BCUT2D eigenvalue weighted by Gasteiger charge is -2.09. The van der Waals surface area contributed by atoms with Gasteiger partial charge < -0.3 is 4.42 Å². The molecule has 262 valence electrons. The van der Waals surface area contributed by atoms with Gasteiger partial charge in [0.15, 0.2) is 17.5 Å². The molecule has 0 saturated carbocycles. The van der Waals surface area contributed by atoms with Crippen molar-refractivity contribution in [3.05, 3.63) is 188 Å². The zero-order valence-corrected chi connectivity index (χ0v) is 30.9. The Morgan fingerprint density at radius 1 is 0.339 bits per heavy atom. The lowest BCUT2D eigenvalue weighted by atomic mass is 9.97. The molecule has 0 fully saturated rings. The number of benzene rings is 8. The predicted molar refractivity (Wildman–Crippen MR) is 233 cm³/mol. The lowest BCUT2D eigenvalue weighted by molar-refractivity contribution is 0.669. The van der Waals surface area contributed by atoms with Crippen molar-refractivity contribution in [1.29, 1.82) is 0 Å². The van der Waals surface area contributed by atoms with Gasteiger partial charge in [0.2, 0.25) is 0 Å². The van der Waals surface area contributed by atoms with Crippen LogP contribution in [-0.4, -0.2) is 15.0 Å². The summed E-state index contributed by atoms with van der Waals surface area (Å²) in [5, 5.41) is 4.62. The zero-order chi connectivity index (χ0) is 37.0. The van der Waals surface area contributed by atoms with Crippen LogP contribution in [0.3, 0.4) is 0 Å². The molecule has 4 nitrogen and oxygen atoms in total. The molecule has 0 saturated heterocycles. The molecule has 3 aromatic heterocycles. The normalized spacial score (nSPS) is 11.6. The van der Waals surface area contributed by atoms with Gasteiger partial charge in [0.05, 0.1) is 5.56 Å². The highest BCUT2D eigenvalue weighted by Gasteiger charge is 2.19. The molecule has 0 amide bonds. The molecule has 0 N–H and O–H groups in total. The summed E-state index contributed by atoms with van der Waals surface area (Å²) in [7, 11) is 0. The number of hydrogen-bond acceptors (Lipinski definition) is 5. The van der Waals surface area contributed by atoms with Crippen molar-refractivity contribution in [2.24, 2.45) is 0 Å². The van der Waals surface area contributed by atoms with Gasteiger partial charge in [0.25, 0.3) is 0 Å². The van der Waals surface area contributed by atoms with Crippen LogP contribution in [0.2, 0.25) is 0 Å². The molecule has 11 aromatic rings. The van der Waals surface area contributed by atoms with Gasteiger partial charge in [-0.15, -0.1) is 11.3 Å². The monoisotopic (exact) mass is 733 g/mol. The first kappa shape index (κ1) is 32.2. The molecule has 8 aromatic carbocycles. The van der Waals surface area contributed by atoms with E-state index in [0.717, 1.165) is 55.3 Å². The van der Waals surface area contributed by atoms with Crippen LogP contribution < -0.4 is 0 Å². The first-order valence-corrected chi connectivity index (χ1v) is 19.5. The van der Waals surface area contributed by atoms with E-state index in [0.29, 0.717) is 17.5 Å². The smallest absolute Gasteiger partial charge is 0.167 e. The van der Waals surface area contributed by atoms with Crippen LogP contribution in [-0.2, 0) is 0 Å². The second kappa shape index (κ2) is 13.3. The minimum absolute atomic E-state index is 0.565. The van der Waals surface area contributed by atoms with Crippen molar-refractivity contribution >= 4 is 53.4 Å². The summed E-state index contributed by atoms with van der Waals surface area (Å²) < 4.78 is 9.24. The van der Waals surface area contributed by atoms with E-state index in [-0.39, 0.29) is 0 Å². The third kappa shape index (κ3) is 5.56. The Bertz CT molecular complexity index is 3230. The van der Waals surface area contributed by atoms with Gasteiger partial charge in [-0.2, -0.15) is 0 Å². The van der Waals surface area contributed by atoms with E-state index in [1.807, 2.05) is 53.8 Å². The number of rotatable bonds is 6. The Kier molecular flexibility index (Phi) is 7.64. The Morgan fingerprint density at radius 3 is 1.62 bits per heavy atom. The molecule has 0 radical (unpaired) electrons. The number of aromatic nitrogens is 3. The topological polar surface area (TPSA) is 51.8 Å². The molecular formula is C51H31N3OS. The van der Waals surface area contributed by atoms with Gasteiger partial charge in [-0.1, -0.05) is 158 Å². The molecule has 0 spiro atoms. The Balaban J connectivity index is 1.03. The molecule has 0 unspecified atom stereocenters. The third-order valence-corrected chi connectivity index (χ3v) is 11.7. The van der Waals surface area contributed by atoms with E-state index in [2.05, 4.69) is 146 Å². The zero-order valence-electron chi connectivity index (χ0n) is 30.1. The maximum absolute atomic E-state index is 6.68. The van der Waals surface area contributed by atoms with Crippen LogP contribution in [0.15, 0.2) is 192 Å². The van der Waals surface area contributed by atoms with Crippen LogP contribution in [0.4, 0.5) is 0 Å². The minimum atomic E-state index is 0.565. The summed E-state index contributed by atoms with van der Waals surface area (Å²) in [5.74, 6) is 1.78. The highest BCUT2D eigenvalue weighted by molar-refractivity contribution is 7.26. The quantitative estimate of drug-likeness (QED) is 0.171. The van der Waals surface area contributed by atoms with Crippen molar-refractivity contribution in [2.45, 2.75) is 0 Å². The second-order valence-corrected chi connectivity index (χ2v) is 15.1. The molecule has 0 bridgehead atoms. The van der Waals surface area contributed by atoms with Gasteiger partial charge >= 0.3 is 0 Å². The summed E-state index contributed by atoms with van der Waals surface area (Å²) in [6.45, 7) is 0. The van der Waals surface area contributed by atoms with E-state index in [9.17, 15) is 0 Å². The average Bonchev–Trinajstić information content (AvgIpc) is 3.85. The number of fused-ring (bicyclic) bond motifs is 6. The number of furan rings is 1. The Morgan fingerprint density at radius 2 is 0.893 bits per heavy atom. The molecule has 0 aliphatic carbocycles. The molecule has 3 heterocycles. The molecular weight excluding hydrogens is 703 g/mol. The minimum Gasteiger partial charge on any atom is -0.455 e. The van der Waals surface area contributed by atoms with E-state index >= 15 is 0 Å². The Hall–Kier alpha value is -7.21. The number of hydrogen-bond donors (Lipinski definition) is 0. The highest BCUT2D eigenvalue weighted by atomic mass is 32.1. The van der Waals surface area contributed by atoms with Crippen LogP contribution >= 0.6 is 11.3 Å². The van der Waals surface area contributed by atoms with Crippen molar-refractivity contribution in [3.63, 3.8) is 0 Å². The van der Waals surface area contributed by atoms with Crippen molar-refractivity contribution in [3.8, 4) is 67.5 Å². The molecule has 5 heteroatoms. The lowest BCUT2D eigenvalue weighted by Crippen LogP contribution is -2.00. The molecule has 0 atom stereocenters. The first-order chi connectivity index (χ1) is 27.7. The Labute approximate surface area is 327 Å². The summed E-state index contributed by atoms with van der Waals surface area (Å²) >= 11 is 1.85. The van der Waals surface area contributed by atoms with Gasteiger partial charge in [0, 0.05) is 42.1 Å². The molecule has 0 aliphatic heterocycles. The standard InChI is InChI=1S/C51H31N3OS/c1-4-12-32(13-5-1)34-22-24-36(25-23-34)50-52-49(35-16-8-3-9-17-35)53-51(54-50)42-20-10-19-40-43-30-38(27-29-44(43)55-48(40)42)39-18-11-21-45-47(39)41-28-26-37(31-46(41)56-45)33-14-6-2-7-15-33/h1-31H. The largest absolute Gasteiger partial charge is 0.455 e. The van der Waals surface area contributed by atoms with E-state index < -0.39 is 0 Å². The molecule has 56 heavy (non-hydrogen) atoms. The number of nitrogens with zero attached hydrogens (tertiary/aromatic N) is 3. The fourth-order valence-electron chi connectivity index (χ4n) is 7.80. The van der Waals surface area contributed by atoms with Crippen molar-refractivity contribution < 1.29 is 4.42 Å². The summed E-state index contributed by atoms with van der Waals surface area (Å²) in [6.07, 6.45) is 0. The van der Waals surface area contributed by atoms with Crippen LogP contribution in [0, 0.1) is 0 Å². The SMILES string of the molecule is c1ccc(-c2ccc(-c3nc(-c4ccccc4)nc(-c4cccc5c4oc4ccc(-c6cccc7sc8cc(-c9ccccc9)ccc8c67)cc45)n3)cc2)cc1. The first-order valence-electron chi connectivity index (χ1n) is 18.7. The summed E-state index contributed by atoms with van der Waals surface area (Å²) in [5.41, 5.74) is 11.4. The summed E-state index contributed by atoms with van der Waals surface area (Å²) in [4.78, 5) is 15.1. The summed E-state index contributed by atoms with van der Waals surface area (Å²) in [6, 6.07) is 65.7. The fourth-order valence-corrected chi connectivity index (χ4v) is 8.97. The number of thiophene rings is 1. The van der Waals surface area contributed by atoms with Crippen LogP contribution in [0.1, 0.15) is 0 Å². The van der Waals surface area contributed by atoms with Gasteiger partial charge in [-0.3, -0.25) is 0 Å². The molecule has 0 aliphatic rings. The van der Waals surface area contributed by atoms with Gasteiger partial charge in [-0.25, -0.2) is 15.0 Å². The predicted octanol–water partition coefficient (Wildman–Crippen LogP) is 14.1. The van der Waals surface area contributed by atoms with Crippen LogP contribution in [0.5, 0.6) is 0 Å². The molecule has 11 rings (SSSR count). The van der Waals surface area contributed by atoms with Gasteiger partial charge in [0.1, 0.15) is 11.2 Å². The van der Waals surface area contributed by atoms with Crippen molar-refractivity contribution in [2.75, 3.05) is 0 Å². The highest BCUT2D eigenvalue weighted by Crippen LogP contribution is 2.43.